The Morgan fingerprint density at radius 1 is 0.727 bits per heavy atom. The van der Waals surface area contributed by atoms with Crippen molar-refractivity contribution in [2.75, 3.05) is 0 Å². The van der Waals surface area contributed by atoms with Crippen LogP contribution >= 0.6 is 0 Å². The number of carbonyl (C=O) groups is 1. The van der Waals surface area contributed by atoms with E-state index >= 15 is 0 Å². The Bertz CT molecular complexity index is 1170. The Balaban J connectivity index is 0.000000218. The van der Waals surface area contributed by atoms with Crippen LogP contribution in [0.3, 0.4) is 0 Å². The third kappa shape index (κ3) is 4.82. The van der Waals surface area contributed by atoms with Gasteiger partial charge in [0.05, 0.1) is 5.56 Å². The quantitative estimate of drug-likeness (QED) is 0.254. The van der Waals surface area contributed by atoms with Gasteiger partial charge >= 0.3 is 5.97 Å². The number of ether oxygens (including phenoxy) is 1. The molecule has 4 rings (SSSR count). The van der Waals surface area contributed by atoms with Gasteiger partial charge in [-0.2, -0.15) is 0 Å². The number of phenolic OH excluding ortho intramolecular Hbond substituents is 8. The van der Waals surface area contributed by atoms with E-state index < -0.39 is 46.6 Å². The molecule has 1 aliphatic heterocycles. The number of hydrogen-bond acceptors (Lipinski definition) is 10. The zero-order valence-electron chi connectivity index (χ0n) is 16.8. The average molecular weight is 460 g/mol. The molecule has 3 aromatic carbocycles. The van der Waals surface area contributed by atoms with Crippen molar-refractivity contribution in [1.29, 1.82) is 0 Å². The molecule has 1 heterocycles. The minimum atomic E-state index is -1.29. The van der Waals surface area contributed by atoms with Gasteiger partial charge in [-0.1, -0.05) is 0 Å². The van der Waals surface area contributed by atoms with Crippen molar-refractivity contribution in [2.45, 2.75) is 18.9 Å². The SMILES string of the molecule is O=C(O)c1cc(O)c(O)c(O)c1.Oc1cc(O)c2c(c1)O[C@@H](c1cc(O)c(O)c(O)c1)CC2. The second-order valence-electron chi connectivity index (χ2n) is 7.16. The minimum absolute atomic E-state index is 0.0279. The van der Waals surface area contributed by atoms with E-state index in [1.807, 2.05) is 0 Å². The molecule has 0 spiro atoms. The van der Waals surface area contributed by atoms with E-state index in [0.717, 1.165) is 12.1 Å². The molecule has 0 unspecified atom stereocenters. The molecule has 0 fully saturated rings. The Kier molecular flexibility index (Phi) is 6.15. The fourth-order valence-corrected chi connectivity index (χ4v) is 3.23. The molecule has 11 heteroatoms. The van der Waals surface area contributed by atoms with E-state index in [1.54, 1.807) is 0 Å². The lowest BCUT2D eigenvalue weighted by Gasteiger charge is -2.27. The van der Waals surface area contributed by atoms with E-state index in [-0.39, 0.29) is 17.1 Å². The molecule has 174 valence electrons. The third-order valence-electron chi connectivity index (χ3n) is 4.88. The smallest absolute Gasteiger partial charge is 0.335 e. The van der Waals surface area contributed by atoms with Crippen molar-refractivity contribution < 1.29 is 55.5 Å². The molecule has 0 aliphatic carbocycles. The number of carboxylic acid groups (broad SMARTS) is 1. The van der Waals surface area contributed by atoms with E-state index in [1.165, 1.54) is 24.3 Å². The first-order valence-electron chi connectivity index (χ1n) is 9.42. The summed E-state index contributed by atoms with van der Waals surface area (Å²) in [5.74, 6) is -4.55. The predicted octanol–water partition coefficient (Wildman–Crippen LogP) is 2.78. The number of aromatic carboxylic acids is 1. The van der Waals surface area contributed by atoms with Crippen LogP contribution in [-0.4, -0.2) is 51.9 Å². The summed E-state index contributed by atoms with van der Waals surface area (Å²) in [7, 11) is 0. The highest BCUT2D eigenvalue weighted by atomic mass is 16.5. The summed E-state index contributed by atoms with van der Waals surface area (Å²) in [5, 5.41) is 82.7. The number of rotatable bonds is 2. The summed E-state index contributed by atoms with van der Waals surface area (Å²) in [4.78, 5) is 10.3. The van der Waals surface area contributed by atoms with Crippen LogP contribution in [0.1, 0.15) is 34.0 Å². The van der Waals surface area contributed by atoms with E-state index in [2.05, 4.69) is 0 Å². The van der Waals surface area contributed by atoms with Gasteiger partial charge in [-0.15, -0.1) is 0 Å². The molecule has 0 amide bonds. The molecule has 9 N–H and O–H groups in total. The topological polar surface area (TPSA) is 208 Å². The predicted molar refractivity (Wildman–Crippen MR) is 111 cm³/mol. The molecule has 0 saturated heterocycles. The van der Waals surface area contributed by atoms with Crippen molar-refractivity contribution in [3.63, 3.8) is 0 Å². The molecular weight excluding hydrogens is 440 g/mol. The Labute approximate surface area is 185 Å². The van der Waals surface area contributed by atoms with Crippen LogP contribution in [0.25, 0.3) is 0 Å². The maximum absolute atomic E-state index is 10.3. The first kappa shape index (κ1) is 23.0. The van der Waals surface area contributed by atoms with Crippen LogP contribution in [0, 0.1) is 0 Å². The van der Waals surface area contributed by atoms with Crippen LogP contribution in [0.4, 0.5) is 0 Å². The van der Waals surface area contributed by atoms with Crippen molar-refractivity contribution in [3.8, 4) is 51.7 Å². The Hall–Kier alpha value is -4.67. The summed E-state index contributed by atoms with van der Waals surface area (Å²) >= 11 is 0. The van der Waals surface area contributed by atoms with Crippen molar-refractivity contribution in [2.24, 2.45) is 0 Å². The van der Waals surface area contributed by atoms with Gasteiger partial charge in [-0.05, 0) is 42.7 Å². The first-order chi connectivity index (χ1) is 15.5. The summed E-state index contributed by atoms with van der Waals surface area (Å²) in [6, 6.07) is 6.97. The van der Waals surface area contributed by atoms with Crippen LogP contribution in [-0.2, 0) is 6.42 Å². The molecule has 0 aromatic heterocycles. The van der Waals surface area contributed by atoms with Gasteiger partial charge in [0.2, 0.25) is 0 Å². The fraction of sp³-hybridized carbons (Fsp3) is 0.136. The van der Waals surface area contributed by atoms with E-state index in [4.69, 9.17) is 25.2 Å². The number of aromatic hydroxyl groups is 8. The first-order valence-corrected chi connectivity index (χ1v) is 9.42. The molecule has 3 aromatic rings. The lowest BCUT2D eigenvalue weighted by molar-refractivity contribution is 0.0695. The second-order valence-corrected chi connectivity index (χ2v) is 7.16. The monoisotopic (exact) mass is 460 g/mol. The Morgan fingerprint density at radius 2 is 1.24 bits per heavy atom. The number of carboxylic acids is 1. The number of benzene rings is 3. The number of hydrogen-bond donors (Lipinski definition) is 9. The summed E-state index contributed by atoms with van der Waals surface area (Å²) in [6.45, 7) is 0. The highest BCUT2D eigenvalue weighted by molar-refractivity contribution is 5.89. The summed E-state index contributed by atoms with van der Waals surface area (Å²) in [5.41, 5.74) is 0.815. The second kappa shape index (κ2) is 8.83. The maximum Gasteiger partial charge on any atom is 0.335 e. The van der Waals surface area contributed by atoms with Gasteiger partial charge in [0.1, 0.15) is 23.4 Å². The highest BCUT2D eigenvalue weighted by Crippen LogP contribution is 2.44. The van der Waals surface area contributed by atoms with Gasteiger partial charge in [0.15, 0.2) is 34.5 Å². The van der Waals surface area contributed by atoms with Gasteiger partial charge in [-0.25, -0.2) is 4.79 Å². The summed E-state index contributed by atoms with van der Waals surface area (Å²) < 4.78 is 5.71. The molecule has 1 atom stereocenters. The number of phenols is 8. The van der Waals surface area contributed by atoms with Gasteiger partial charge in [0, 0.05) is 17.7 Å². The lowest BCUT2D eigenvalue weighted by atomic mass is 9.96. The molecular formula is C22H20O11. The highest BCUT2D eigenvalue weighted by Gasteiger charge is 2.26. The zero-order chi connectivity index (χ0) is 24.4. The van der Waals surface area contributed by atoms with Crippen LogP contribution < -0.4 is 4.74 Å². The average Bonchev–Trinajstić information content (AvgIpc) is 2.75. The third-order valence-corrected chi connectivity index (χ3v) is 4.88. The van der Waals surface area contributed by atoms with Crippen LogP contribution in [0.2, 0.25) is 0 Å². The summed E-state index contributed by atoms with van der Waals surface area (Å²) in [6.07, 6.45) is 0.583. The molecule has 0 radical (unpaired) electrons. The van der Waals surface area contributed by atoms with Gasteiger partial charge < -0.3 is 50.7 Å². The fourth-order valence-electron chi connectivity index (χ4n) is 3.23. The van der Waals surface area contributed by atoms with Gasteiger partial charge in [0.25, 0.3) is 0 Å². The largest absolute Gasteiger partial charge is 0.508 e. The number of fused-ring (bicyclic) bond motifs is 1. The van der Waals surface area contributed by atoms with Crippen LogP contribution in [0.15, 0.2) is 36.4 Å². The van der Waals surface area contributed by atoms with Gasteiger partial charge in [-0.3, -0.25) is 0 Å². The molecule has 1 aliphatic rings. The van der Waals surface area contributed by atoms with Crippen molar-refractivity contribution >= 4 is 5.97 Å². The normalized spacial score (nSPS) is 14.4. The molecule has 0 saturated carbocycles. The lowest BCUT2D eigenvalue weighted by Crippen LogP contribution is -2.15. The zero-order valence-corrected chi connectivity index (χ0v) is 16.8. The minimum Gasteiger partial charge on any atom is -0.508 e. The van der Waals surface area contributed by atoms with E-state index in [0.29, 0.717) is 29.7 Å². The molecule has 33 heavy (non-hydrogen) atoms. The Morgan fingerprint density at radius 3 is 1.76 bits per heavy atom. The molecule has 11 nitrogen and oxygen atoms in total. The van der Waals surface area contributed by atoms with E-state index in [9.17, 15) is 30.3 Å². The standard InChI is InChI=1S/C15H14O6.C7H6O5/c16-8-5-10(17)9-1-2-13(21-14(9)6-8)7-3-11(18)15(20)12(19)4-7;8-4-1-3(7(11)12)2-5(9)6(4)10/h3-6,13,16-20H,1-2H2;1-2,8-10H,(H,11,12)/t13-;/m1./s1. The van der Waals surface area contributed by atoms with Crippen molar-refractivity contribution in [1.82, 2.24) is 0 Å². The van der Waals surface area contributed by atoms with Crippen LogP contribution in [0.5, 0.6) is 51.7 Å². The molecule has 0 bridgehead atoms. The maximum atomic E-state index is 10.3. The van der Waals surface area contributed by atoms with Crippen molar-refractivity contribution in [3.05, 3.63) is 53.1 Å².